The lowest BCUT2D eigenvalue weighted by atomic mass is 9.64. The average molecular weight is 731 g/mol. The number of fused-ring (bicyclic) bond motifs is 4. The van der Waals surface area contributed by atoms with Crippen LogP contribution in [-0.4, -0.2) is 68.1 Å². The van der Waals surface area contributed by atoms with E-state index in [4.69, 9.17) is 21.1 Å². The Kier molecular flexibility index (Phi) is 9.87. The lowest BCUT2D eigenvalue weighted by Crippen LogP contribution is -2.56. The Hall–Kier alpha value is -1.85. The van der Waals surface area contributed by atoms with E-state index in [2.05, 4.69) is 33.9 Å². The largest absolute Gasteiger partial charge is 0.490 e. The highest BCUT2D eigenvalue weighted by molar-refractivity contribution is 8.17. The first-order valence-electron chi connectivity index (χ1n) is 17.4. The fourth-order valence-electron chi connectivity index (χ4n) is 8.61. The van der Waals surface area contributed by atoms with Gasteiger partial charge in [0.1, 0.15) is 11.4 Å². The molecular formula is C37H47ClN2O5S3. The van der Waals surface area contributed by atoms with Gasteiger partial charge in [0.25, 0.3) is 5.91 Å². The highest BCUT2D eigenvalue weighted by atomic mass is 35.5. The Balaban J connectivity index is 1.34. The van der Waals surface area contributed by atoms with Gasteiger partial charge in [0.15, 0.2) is 0 Å². The van der Waals surface area contributed by atoms with E-state index < -0.39 is 26.8 Å². The Labute approximate surface area is 299 Å². The standard InChI is InChI=1S/C37H47ClN2O5S3/c1-24-7-4-16-37(44-3,35-46-17-6-18-47-35)31-12-9-28(31)21-40-22-36(15-5-8-26-19-29(38)11-13-30(26)36)23-45-33-14-10-27(20-32(33)40)34(41)39-48(42,43)25(24)2/h4,10-11,13-14,16,19-20,24-25,28,31,35H,5-9,12,15,17-18,21-23H2,1-3H3,(H,39,41)/b16-4+/t24?,25-,28+,31-,36+,37+/m1/s1. The van der Waals surface area contributed by atoms with Crippen LogP contribution in [0.15, 0.2) is 48.6 Å². The van der Waals surface area contributed by atoms with Crippen molar-refractivity contribution in [2.24, 2.45) is 17.8 Å². The van der Waals surface area contributed by atoms with Crippen molar-refractivity contribution in [3.63, 3.8) is 0 Å². The second-order valence-electron chi connectivity index (χ2n) is 14.5. The first kappa shape index (κ1) is 34.6. The van der Waals surface area contributed by atoms with E-state index in [1.54, 1.807) is 13.0 Å². The van der Waals surface area contributed by atoms with Crippen molar-refractivity contribution in [2.75, 3.05) is 43.2 Å². The molecule has 48 heavy (non-hydrogen) atoms. The minimum absolute atomic E-state index is 0.196. The number of allylic oxidation sites excluding steroid dienone is 1. The molecule has 3 heterocycles. The zero-order valence-corrected chi connectivity index (χ0v) is 31.3. The smallest absolute Gasteiger partial charge is 0.264 e. The van der Waals surface area contributed by atoms with Gasteiger partial charge >= 0.3 is 0 Å². The number of thioether (sulfide) groups is 2. The highest BCUT2D eigenvalue weighted by Gasteiger charge is 2.53. The van der Waals surface area contributed by atoms with Crippen LogP contribution in [0, 0.1) is 17.8 Å². The summed E-state index contributed by atoms with van der Waals surface area (Å²) in [5.74, 6) is 2.83. The van der Waals surface area contributed by atoms with Gasteiger partial charge in [-0.05, 0) is 123 Å². The number of nitrogens with zero attached hydrogens (tertiary/aromatic N) is 1. The lowest BCUT2D eigenvalue weighted by molar-refractivity contribution is -0.0639. The third kappa shape index (κ3) is 6.31. The number of hydrogen-bond donors (Lipinski definition) is 1. The van der Waals surface area contributed by atoms with E-state index in [0.717, 1.165) is 73.2 Å². The maximum Gasteiger partial charge on any atom is 0.264 e. The summed E-state index contributed by atoms with van der Waals surface area (Å²) in [4.78, 5) is 16.0. The molecule has 2 bridgehead atoms. The fourth-order valence-corrected chi connectivity index (χ4v) is 13.5. The van der Waals surface area contributed by atoms with Crippen LogP contribution < -0.4 is 14.4 Å². The quantitative estimate of drug-likeness (QED) is 0.319. The van der Waals surface area contributed by atoms with Gasteiger partial charge in [-0.2, -0.15) is 0 Å². The van der Waals surface area contributed by atoms with Gasteiger partial charge in [-0.1, -0.05) is 36.7 Å². The molecule has 1 saturated heterocycles. The number of ether oxygens (including phenoxy) is 2. The van der Waals surface area contributed by atoms with Crippen LogP contribution in [0.4, 0.5) is 5.69 Å². The number of anilines is 1. The zero-order chi connectivity index (χ0) is 33.7. The topological polar surface area (TPSA) is 84.9 Å². The Morgan fingerprint density at radius 2 is 1.90 bits per heavy atom. The van der Waals surface area contributed by atoms with Crippen molar-refractivity contribution >= 4 is 56.7 Å². The van der Waals surface area contributed by atoms with Crippen LogP contribution in [0.1, 0.15) is 73.9 Å². The van der Waals surface area contributed by atoms with Crippen LogP contribution in [0.5, 0.6) is 5.75 Å². The van der Waals surface area contributed by atoms with Gasteiger partial charge in [-0.25, -0.2) is 13.1 Å². The number of amides is 1. The van der Waals surface area contributed by atoms with Crippen molar-refractivity contribution in [3.05, 3.63) is 70.3 Å². The molecule has 1 saturated carbocycles. The molecule has 2 aromatic carbocycles. The van der Waals surface area contributed by atoms with Crippen molar-refractivity contribution in [1.29, 1.82) is 0 Å². The minimum atomic E-state index is -3.93. The summed E-state index contributed by atoms with van der Waals surface area (Å²) in [5, 5.41) is -0.00564. The third-order valence-electron chi connectivity index (χ3n) is 11.7. The fraction of sp³-hybridized carbons (Fsp3) is 0.595. The molecule has 7 nitrogen and oxygen atoms in total. The maximum absolute atomic E-state index is 13.6. The van der Waals surface area contributed by atoms with Crippen LogP contribution in [0.25, 0.3) is 0 Å². The molecule has 6 atom stereocenters. The molecule has 260 valence electrons. The lowest BCUT2D eigenvalue weighted by Gasteiger charge is -2.53. The summed E-state index contributed by atoms with van der Waals surface area (Å²) in [5.41, 5.74) is 3.02. The molecule has 2 aliphatic carbocycles. The summed E-state index contributed by atoms with van der Waals surface area (Å²) in [7, 11) is -2.07. The van der Waals surface area contributed by atoms with E-state index in [1.807, 2.05) is 55.8 Å². The molecule has 0 aromatic heterocycles. The predicted molar refractivity (Wildman–Crippen MR) is 198 cm³/mol. The van der Waals surface area contributed by atoms with Gasteiger partial charge in [0.2, 0.25) is 10.0 Å². The number of methoxy groups -OCH3 is 1. The van der Waals surface area contributed by atoms with E-state index in [9.17, 15) is 13.2 Å². The molecule has 3 aliphatic heterocycles. The van der Waals surface area contributed by atoms with Crippen molar-refractivity contribution in [3.8, 4) is 5.75 Å². The van der Waals surface area contributed by atoms with Crippen LogP contribution in [0.2, 0.25) is 5.02 Å². The normalized spacial score (nSPS) is 34.5. The molecule has 1 unspecified atom stereocenters. The summed E-state index contributed by atoms with van der Waals surface area (Å²) in [6.07, 6.45) is 11.4. The van der Waals surface area contributed by atoms with Crippen LogP contribution >= 0.6 is 35.1 Å². The number of hydrogen-bond acceptors (Lipinski definition) is 8. The third-order valence-corrected chi connectivity index (χ3v) is 17.1. The molecule has 1 spiro atoms. The predicted octanol–water partition coefficient (Wildman–Crippen LogP) is 7.46. The SMILES string of the molecule is CO[C@@]1(C2SCCCS2)/C=C/CC(C)[C@@H](C)S(=O)(=O)NC(=O)c2ccc3c(c2)N(C[C@@H]2CC[C@H]21)C[C@@]1(CCCc2cc(Cl)ccc21)CO3. The highest BCUT2D eigenvalue weighted by Crippen LogP contribution is 2.54. The summed E-state index contributed by atoms with van der Waals surface area (Å²) in [6, 6.07) is 11.7. The van der Waals surface area contributed by atoms with E-state index >= 15 is 0 Å². The number of rotatable bonds is 2. The molecular weight excluding hydrogens is 684 g/mol. The Bertz CT molecular complexity index is 1680. The average Bonchev–Trinajstić information content (AvgIpc) is 3.22. The Morgan fingerprint density at radius 3 is 2.65 bits per heavy atom. The summed E-state index contributed by atoms with van der Waals surface area (Å²) in [6.45, 7) is 5.69. The molecule has 7 rings (SSSR count). The first-order valence-corrected chi connectivity index (χ1v) is 21.4. The van der Waals surface area contributed by atoms with E-state index in [-0.39, 0.29) is 15.9 Å². The Morgan fingerprint density at radius 1 is 1.08 bits per heavy atom. The number of benzene rings is 2. The van der Waals surface area contributed by atoms with Gasteiger partial charge in [0, 0.05) is 36.2 Å². The van der Waals surface area contributed by atoms with Gasteiger partial charge in [-0.3, -0.25) is 4.79 Å². The van der Waals surface area contributed by atoms with Crippen LogP contribution in [0.3, 0.4) is 0 Å². The van der Waals surface area contributed by atoms with Crippen LogP contribution in [-0.2, 0) is 26.6 Å². The summed E-state index contributed by atoms with van der Waals surface area (Å²) < 4.78 is 43.0. The molecule has 5 aliphatic rings. The molecule has 11 heteroatoms. The number of carbonyl (C=O) groups is 1. The van der Waals surface area contributed by atoms with E-state index in [0.29, 0.717) is 30.4 Å². The van der Waals surface area contributed by atoms with Gasteiger partial charge < -0.3 is 14.4 Å². The zero-order valence-electron chi connectivity index (χ0n) is 28.1. The number of sulfonamides is 1. The summed E-state index contributed by atoms with van der Waals surface area (Å²) >= 11 is 10.5. The maximum atomic E-state index is 13.6. The van der Waals surface area contributed by atoms with Crippen molar-refractivity contribution in [1.82, 2.24) is 4.72 Å². The van der Waals surface area contributed by atoms with E-state index in [1.165, 1.54) is 17.5 Å². The molecule has 1 amide bonds. The molecule has 1 N–H and O–H groups in total. The number of carbonyl (C=O) groups excluding carboxylic acids is 1. The van der Waals surface area contributed by atoms with Gasteiger partial charge in [0.05, 0.1) is 22.1 Å². The number of nitrogens with one attached hydrogen (secondary N) is 1. The minimum Gasteiger partial charge on any atom is -0.490 e. The monoisotopic (exact) mass is 730 g/mol. The number of aryl methyl sites for hydroxylation is 1. The number of halogens is 1. The van der Waals surface area contributed by atoms with Crippen molar-refractivity contribution < 1.29 is 22.7 Å². The van der Waals surface area contributed by atoms with Gasteiger partial charge in [-0.15, -0.1) is 23.5 Å². The molecule has 0 radical (unpaired) electrons. The second-order valence-corrected chi connectivity index (χ2v) is 19.7. The molecule has 2 aromatic rings. The van der Waals surface area contributed by atoms with Crippen molar-refractivity contribution in [2.45, 2.75) is 79.6 Å². The first-order chi connectivity index (χ1) is 23.0. The second kappa shape index (κ2) is 13.7. The molecule has 2 fully saturated rings.